The molecule has 0 amide bonds. The Balaban J connectivity index is 2.59. The Hall–Kier alpha value is -1.18. The Morgan fingerprint density at radius 1 is 0.864 bits per heavy atom. The van der Waals surface area contributed by atoms with Crippen molar-refractivity contribution in [2.75, 3.05) is 0 Å². The van der Waals surface area contributed by atoms with Gasteiger partial charge in [0.05, 0.1) is 23.0 Å². The first-order valence-corrected chi connectivity index (χ1v) is 8.63. The van der Waals surface area contributed by atoms with Gasteiger partial charge in [0.1, 0.15) is 0 Å². The molecule has 0 aromatic carbocycles. The van der Waals surface area contributed by atoms with Crippen LogP contribution < -0.4 is 0 Å². The minimum atomic E-state index is -0.164. The second kappa shape index (κ2) is 5.47. The Labute approximate surface area is 136 Å². The summed E-state index contributed by atoms with van der Waals surface area (Å²) in [7, 11) is 0. The summed E-state index contributed by atoms with van der Waals surface area (Å²) in [5, 5.41) is 0. The summed E-state index contributed by atoms with van der Waals surface area (Å²) in [6.07, 6.45) is 1.94. The van der Waals surface area contributed by atoms with Gasteiger partial charge < -0.3 is 0 Å². The van der Waals surface area contributed by atoms with Crippen LogP contribution >= 0.6 is 0 Å². The van der Waals surface area contributed by atoms with Gasteiger partial charge >= 0.3 is 0 Å². The lowest BCUT2D eigenvalue weighted by molar-refractivity contribution is 0.390. The summed E-state index contributed by atoms with van der Waals surface area (Å²) in [6.45, 7) is 20.3. The molecule has 1 unspecified atom stereocenters. The first-order valence-electron chi connectivity index (χ1n) is 8.63. The van der Waals surface area contributed by atoms with Crippen LogP contribution in [0.1, 0.15) is 75.2 Å². The van der Waals surface area contributed by atoms with E-state index in [0.717, 1.165) is 12.8 Å². The van der Waals surface area contributed by atoms with Gasteiger partial charge in [-0.15, -0.1) is 0 Å². The average molecular weight is 300 g/mol. The molecule has 122 valence electrons. The van der Waals surface area contributed by atoms with Gasteiger partial charge in [-0.1, -0.05) is 33.3 Å². The van der Waals surface area contributed by atoms with E-state index in [-0.39, 0.29) is 17.0 Å². The lowest BCUT2D eigenvalue weighted by Gasteiger charge is -2.40. The first-order chi connectivity index (χ1) is 10.1. The smallest absolute Gasteiger partial charge is 0.0973 e. The third-order valence-electron chi connectivity index (χ3n) is 5.79. The lowest BCUT2D eigenvalue weighted by Crippen LogP contribution is -2.44. The molecule has 1 atom stereocenters. The highest BCUT2D eigenvalue weighted by Crippen LogP contribution is 2.51. The molecule has 0 saturated carbocycles. The van der Waals surface area contributed by atoms with Crippen LogP contribution in [0.15, 0.2) is 32.3 Å². The third kappa shape index (κ3) is 2.41. The fraction of sp³-hybridized carbons (Fsp3) is 0.700. The van der Waals surface area contributed by atoms with Crippen molar-refractivity contribution in [3.63, 3.8) is 0 Å². The Kier molecular flexibility index (Phi) is 4.27. The van der Waals surface area contributed by atoms with E-state index in [2.05, 4.69) is 62.3 Å². The molecule has 0 fully saturated rings. The highest BCUT2D eigenvalue weighted by Gasteiger charge is 2.45. The fourth-order valence-electron chi connectivity index (χ4n) is 4.03. The van der Waals surface area contributed by atoms with Crippen molar-refractivity contribution in [2.24, 2.45) is 15.4 Å². The van der Waals surface area contributed by atoms with Gasteiger partial charge in [0.25, 0.3) is 0 Å². The van der Waals surface area contributed by atoms with Crippen molar-refractivity contribution >= 4 is 11.4 Å². The van der Waals surface area contributed by atoms with Gasteiger partial charge in [-0.25, -0.2) is 0 Å². The fourth-order valence-corrected chi connectivity index (χ4v) is 4.03. The standard InChI is InChI=1S/C20H32N2/c1-10-15-16(11-2)22-20(8,9)18(21-15)17-13(4)12(3)14(5)19(17,6)7/h18H,10-11H2,1-9H3. The molecule has 2 aliphatic rings. The van der Waals surface area contributed by atoms with Gasteiger partial charge in [0, 0.05) is 5.41 Å². The van der Waals surface area contributed by atoms with Crippen LogP contribution in [0, 0.1) is 5.41 Å². The predicted octanol–water partition coefficient (Wildman–Crippen LogP) is 5.54. The van der Waals surface area contributed by atoms with Gasteiger partial charge in [0.15, 0.2) is 0 Å². The van der Waals surface area contributed by atoms with Crippen LogP contribution in [0.4, 0.5) is 0 Å². The van der Waals surface area contributed by atoms with E-state index in [4.69, 9.17) is 9.98 Å². The van der Waals surface area contributed by atoms with Crippen molar-refractivity contribution in [3.8, 4) is 0 Å². The molecule has 22 heavy (non-hydrogen) atoms. The molecule has 2 nitrogen and oxygen atoms in total. The predicted molar refractivity (Wildman–Crippen MR) is 98.2 cm³/mol. The number of rotatable bonds is 3. The molecule has 0 radical (unpaired) electrons. The maximum absolute atomic E-state index is 5.20. The Bertz CT molecular complexity index is 610. The zero-order valence-electron chi connectivity index (χ0n) is 15.9. The molecule has 0 spiro atoms. The number of aliphatic imine (C=N–C) groups is 2. The van der Waals surface area contributed by atoms with E-state index in [9.17, 15) is 0 Å². The summed E-state index contributed by atoms with van der Waals surface area (Å²) in [5.74, 6) is 0. The minimum absolute atomic E-state index is 0.0810. The first kappa shape index (κ1) is 17.2. The summed E-state index contributed by atoms with van der Waals surface area (Å²) in [4.78, 5) is 10.3. The molecule has 0 aromatic rings. The monoisotopic (exact) mass is 300 g/mol. The van der Waals surface area contributed by atoms with Crippen LogP contribution in [0.5, 0.6) is 0 Å². The van der Waals surface area contributed by atoms with Crippen LogP contribution in [-0.4, -0.2) is 23.0 Å². The molecule has 2 rings (SSSR count). The number of hydrogen-bond acceptors (Lipinski definition) is 2. The van der Waals surface area contributed by atoms with Gasteiger partial charge in [-0.2, -0.15) is 0 Å². The lowest BCUT2D eigenvalue weighted by atomic mass is 9.72. The van der Waals surface area contributed by atoms with Crippen LogP contribution in [0.25, 0.3) is 0 Å². The Morgan fingerprint density at radius 2 is 1.41 bits per heavy atom. The van der Waals surface area contributed by atoms with Crippen molar-refractivity contribution in [3.05, 3.63) is 22.3 Å². The normalized spacial score (nSPS) is 27.2. The summed E-state index contributed by atoms with van der Waals surface area (Å²) in [5.41, 5.74) is 8.13. The largest absolute Gasteiger partial charge is 0.279 e. The molecular formula is C20H32N2. The number of hydrogen-bond donors (Lipinski definition) is 0. The van der Waals surface area contributed by atoms with Crippen molar-refractivity contribution in [2.45, 2.75) is 86.7 Å². The quantitative estimate of drug-likeness (QED) is 0.653. The zero-order chi connectivity index (χ0) is 16.9. The molecule has 1 heterocycles. The summed E-state index contributed by atoms with van der Waals surface area (Å²) >= 11 is 0. The summed E-state index contributed by atoms with van der Waals surface area (Å²) in [6, 6.07) is 0.153. The molecule has 0 aromatic heterocycles. The molecule has 2 heteroatoms. The van der Waals surface area contributed by atoms with E-state index in [1.807, 2.05) is 0 Å². The van der Waals surface area contributed by atoms with E-state index in [1.54, 1.807) is 0 Å². The zero-order valence-corrected chi connectivity index (χ0v) is 15.9. The Morgan fingerprint density at radius 3 is 1.82 bits per heavy atom. The molecule has 1 aliphatic carbocycles. The topological polar surface area (TPSA) is 24.7 Å². The molecule has 0 bridgehead atoms. The van der Waals surface area contributed by atoms with E-state index in [1.165, 1.54) is 33.7 Å². The highest BCUT2D eigenvalue weighted by molar-refractivity contribution is 6.42. The summed E-state index contributed by atoms with van der Waals surface area (Å²) < 4.78 is 0. The minimum Gasteiger partial charge on any atom is -0.279 e. The van der Waals surface area contributed by atoms with Crippen LogP contribution in [0.3, 0.4) is 0 Å². The number of nitrogens with zero attached hydrogens (tertiary/aromatic N) is 2. The van der Waals surface area contributed by atoms with Crippen molar-refractivity contribution in [1.82, 2.24) is 0 Å². The number of allylic oxidation sites excluding steroid dienone is 3. The van der Waals surface area contributed by atoms with E-state index in [0.29, 0.717) is 0 Å². The van der Waals surface area contributed by atoms with Gasteiger partial charge in [-0.05, 0) is 64.2 Å². The van der Waals surface area contributed by atoms with Crippen molar-refractivity contribution in [1.29, 1.82) is 0 Å². The van der Waals surface area contributed by atoms with Gasteiger partial charge in [0.2, 0.25) is 0 Å². The van der Waals surface area contributed by atoms with Crippen LogP contribution in [0.2, 0.25) is 0 Å². The molecule has 0 N–H and O–H groups in total. The van der Waals surface area contributed by atoms with E-state index < -0.39 is 0 Å². The van der Waals surface area contributed by atoms with E-state index >= 15 is 0 Å². The van der Waals surface area contributed by atoms with Gasteiger partial charge in [-0.3, -0.25) is 9.98 Å². The van der Waals surface area contributed by atoms with Crippen molar-refractivity contribution < 1.29 is 0 Å². The van der Waals surface area contributed by atoms with Crippen LogP contribution in [-0.2, 0) is 0 Å². The SMILES string of the molecule is CCC1=NC(C2=C(C)C(C)=C(C)C2(C)C)C(C)(C)N=C1CC. The molecule has 1 aliphatic heterocycles. The third-order valence-corrected chi connectivity index (χ3v) is 5.79. The second-order valence-electron chi connectivity index (χ2n) is 7.81. The average Bonchev–Trinajstić information content (AvgIpc) is 2.59. The highest BCUT2D eigenvalue weighted by atomic mass is 15.0. The second-order valence-corrected chi connectivity index (χ2v) is 7.81. The molecular weight excluding hydrogens is 268 g/mol. The maximum Gasteiger partial charge on any atom is 0.0973 e. The molecule has 0 saturated heterocycles. The maximum atomic E-state index is 5.20.